The number of fused-ring (bicyclic) bond motifs is 2. The predicted octanol–water partition coefficient (Wildman–Crippen LogP) is 1.95. The van der Waals surface area contributed by atoms with Crippen LogP contribution >= 0.6 is 0 Å². The Hall–Kier alpha value is -2.56. The topological polar surface area (TPSA) is 42.5 Å². The molecule has 3 aromatic rings. The minimum Gasteiger partial charge on any atom is -0.366 e. The zero-order valence-corrected chi connectivity index (χ0v) is 12.5. The van der Waals surface area contributed by atoms with E-state index in [-0.39, 0.29) is 5.69 Å². The van der Waals surface area contributed by atoms with Gasteiger partial charge in [-0.1, -0.05) is 24.3 Å². The molecule has 3 heterocycles. The highest BCUT2D eigenvalue weighted by atomic mass is 16.2. The molecule has 0 saturated heterocycles. The van der Waals surface area contributed by atoms with E-state index >= 15 is 0 Å². The molecule has 1 atom stereocenters. The minimum atomic E-state index is -0.0734. The lowest BCUT2D eigenvalue weighted by Gasteiger charge is -2.24. The van der Waals surface area contributed by atoms with Crippen molar-refractivity contribution >= 4 is 11.3 Å². The monoisotopic (exact) mass is 294 g/mol. The summed E-state index contributed by atoms with van der Waals surface area (Å²) in [5.74, 6) is 0. The summed E-state index contributed by atoms with van der Waals surface area (Å²) in [6, 6.07) is 14.6. The molecule has 2 aromatic heterocycles. The molecule has 5 heteroatoms. The third-order valence-electron chi connectivity index (χ3n) is 4.39. The van der Waals surface area contributed by atoms with Crippen LogP contribution in [0.2, 0.25) is 0 Å². The number of hydrogen-bond donors (Lipinski definition) is 0. The standard InChI is InChI=1S/C17H18N4O/c1-13-12-14-6-2-3-7-15(14)19(13)10-11-21-17(22)20-9-5-4-8-16(20)18-21/h2-9,13H,10-12H2,1H3/t13-/m0/s1. The van der Waals surface area contributed by atoms with Gasteiger partial charge in [0, 0.05) is 24.5 Å². The van der Waals surface area contributed by atoms with E-state index in [0.29, 0.717) is 18.2 Å². The first-order valence-electron chi connectivity index (χ1n) is 7.63. The van der Waals surface area contributed by atoms with Gasteiger partial charge in [0.15, 0.2) is 5.65 Å². The number of rotatable bonds is 3. The van der Waals surface area contributed by atoms with Gasteiger partial charge in [-0.3, -0.25) is 4.40 Å². The van der Waals surface area contributed by atoms with Crippen molar-refractivity contribution < 1.29 is 0 Å². The molecule has 1 aliphatic heterocycles. The van der Waals surface area contributed by atoms with Gasteiger partial charge < -0.3 is 4.90 Å². The van der Waals surface area contributed by atoms with Crippen molar-refractivity contribution in [2.24, 2.45) is 0 Å². The van der Waals surface area contributed by atoms with Crippen LogP contribution in [0.5, 0.6) is 0 Å². The number of anilines is 1. The molecule has 0 aliphatic carbocycles. The van der Waals surface area contributed by atoms with Crippen LogP contribution in [0.1, 0.15) is 12.5 Å². The second-order valence-electron chi connectivity index (χ2n) is 5.81. The molecule has 22 heavy (non-hydrogen) atoms. The minimum absolute atomic E-state index is 0.0734. The first-order chi connectivity index (χ1) is 10.7. The Morgan fingerprint density at radius 3 is 2.82 bits per heavy atom. The first kappa shape index (κ1) is 13.1. The van der Waals surface area contributed by atoms with Crippen LogP contribution in [0.25, 0.3) is 5.65 Å². The Morgan fingerprint density at radius 1 is 1.14 bits per heavy atom. The van der Waals surface area contributed by atoms with Gasteiger partial charge >= 0.3 is 5.69 Å². The summed E-state index contributed by atoms with van der Waals surface area (Å²) < 4.78 is 3.14. The van der Waals surface area contributed by atoms with Gasteiger partial charge in [-0.15, -0.1) is 5.10 Å². The summed E-state index contributed by atoms with van der Waals surface area (Å²) in [5, 5.41) is 4.39. The van der Waals surface area contributed by atoms with Gasteiger partial charge in [0.2, 0.25) is 0 Å². The second-order valence-corrected chi connectivity index (χ2v) is 5.81. The van der Waals surface area contributed by atoms with Crippen LogP contribution < -0.4 is 10.6 Å². The van der Waals surface area contributed by atoms with E-state index in [2.05, 4.69) is 41.2 Å². The van der Waals surface area contributed by atoms with E-state index in [4.69, 9.17) is 0 Å². The van der Waals surface area contributed by atoms with Gasteiger partial charge in [0.05, 0.1) is 6.54 Å². The van der Waals surface area contributed by atoms with E-state index in [1.54, 1.807) is 15.3 Å². The van der Waals surface area contributed by atoms with Crippen molar-refractivity contribution in [2.45, 2.75) is 25.9 Å². The van der Waals surface area contributed by atoms with Crippen LogP contribution in [0.15, 0.2) is 53.5 Å². The summed E-state index contributed by atoms with van der Waals surface area (Å²) in [4.78, 5) is 14.7. The quantitative estimate of drug-likeness (QED) is 0.741. The van der Waals surface area contributed by atoms with Crippen molar-refractivity contribution in [1.82, 2.24) is 14.2 Å². The van der Waals surface area contributed by atoms with Crippen molar-refractivity contribution in [2.75, 3.05) is 11.4 Å². The Labute approximate surface area is 128 Å². The van der Waals surface area contributed by atoms with Crippen LogP contribution in [-0.2, 0) is 13.0 Å². The Kier molecular flexibility index (Phi) is 2.99. The number of benzene rings is 1. The lowest BCUT2D eigenvalue weighted by Crippen LogP contribution is -2.35. The van der Waals surface area contributed by atoms with Crippen molar-refractivity contribution in [1.29, 1.82) is 0 Å². The average molecular weight is 294 g/mol. The smallest absolute Gasteiger partial charge is 0.350 e. The van der Waals surface area contributed by atoms with Crippen LogP contribution in [0, 0.1) is 0 Å². The van der Waals surface area contributed by atoms with E-state index in [9.17, 15) is 4.79 Å². The summed E-state index contributed by atoms with van der Waals surface area (Å²) in [6.07, 6.45) is 2.82. The van der Waals surface area contributed by atoms with Gasteiger partial charge in [0.1, 0.15) is 0 Å². The summed E-state index contributed by atoms with van der Waals surface area (Å²) in [7, 11) is 0. The third-order valence-corrected chi connectivity index (χ3v) is 4.39. The lowest BCUT2D eigenvalue weighted by molar-refractivity contribution is 0.555. The zero-order valence-electron chi connectivity index (χ0n) is 12.5. The number of pyridine rings is 1. The fourth-order valence-corrected chi connectivity index (χ4v) is 3.29. The molecule has 1 aromatic carbocycles. The number of aromatic nitrogens is 3. The third kappa shape index (κ3) is 2.01. The highest BCUT2D eigenvalue weighted by molar-refractivity contribution is 5.59. The van der Waals surface area contributed by atoms with Crippen LogP contribution in [0.3, 0.4) is 0 Å². The lowest BCUT2D eigenvalue weighted by atomic mass is 10.1. The van der Waals surface area contributed by atoms with Crippen LogP contribution in [0.4, 0.5) is 5.69 Å². The number of hydrogen-bond acceptors (Lipinski definition) is 3. The van der Waals surface area contributed by atoms with E-state index in [0.717, 1.165) is 13.0 Å². The molecule has 0 bridgehead atoms. The molecule has 0 unspecified atom stereocenters. The normalized spacial score (nSPS) is 17.1. The molecule has 0 amide bonds. The molecule has 4 rings (SSSR count). The molecule has 0 saturated carbocycles. The zero-order chi connectivity index (χ0) is 15.1. The molecule has 0 spiro atoms. The maximum Gasteiger partial charge on any atom is 0.350 e. The van der Waals surface area contributed by atoms with Crippen molar-refractivity contribution in [3.05, 3.63) is 64.7 Å². The fraction of sp³-hybridized carbons (Fsp3) is 0.294. The molecular weight excluding hydrogens is 276 g/mol. The predicted molar refractivity (Wildman–Crippen MR) is 86.4 cm³/mol. The van der Waals surface area contributed by atoms with Gasteiger partial charge in [-0.25, -0.2) is 9.48 Å². The Bertz CT molecular complexity index is 879. The van der Waals surface area contributed by atoms with Gasteiger partial charge in [0.25, 0.3) is 0 Å². The SMILES string of the molecule is C[C@H]1Cc2ccccc2N1CCn1nc2ccccn2c1=O. The fourth-order valence-electron chi connectivity index (χ4n) is 3.29. The Balaban J connectivity index is 1.60. The number of para-hydroxylation sites is 1. The summed E-state index contributed by atoms with van der Waals surface area (Å²) >= 11 is 0. The maximum absolute atomic E-state index is 12.3. The van der Waals surface area contributed by atoms with Gasteiger partial charge in [-0.2, -0.15) is 0 Å². The molecular formula is C17H18N4O. The average Bonchev–Trinajstić information content (AvgIpc) is 3.03. The highest BCUT2D eigenvalue weighted by Gasteiger charge is 2.25. The Morgan fingerprint density at radius 2 is 1.95 bits per heavy atom. The largest absolute Gasteiger partial charge is 0.366 e. The molecule has 1 aliphatic rings. The van der Waals surface area contributed by atoms with E-state index in [1.165, 1.54) is 11.3 Å². The van der Waals surface area contributed by atoms with Crippen LogP contribution in [-0.4, -0.2) is 26.8 Å². The summed E-state index contributed by atoms with van der Waals surface area (Å²) in [6.45, 7) is 3.62. The highest BCUT2D eigenvalue weighted by Crippen LogP contribution is 2.31. The first-order valence-corrected chi connectivity index (χ1v) is 7.63. The summed E-state index contributed by atoms with van der Waals surface area (Å²) in [5.41, 5.74) is 3.29. The van der Waals surface area contributed by atoms with Crippen molar-refractivity contribution in [3.63, 3.8) is 0 Å². The molecule has 0 fully saturated rings. The second kappa shape index (κ2) is 5.02. The maximum atomic E-state index is 12.3. The van der Waals surface area contributed by atoms with E-state index < -0.39 is 0 Å². The van der Waals surface area contributed by atoms with Crippen molar-refractivity contribution in [3.8, 4) is 0 Å². The molecule has 0 radical (unpaired) electrons. The molecule has 0 N–H and O–H groups in total. The van der Waals surface area contributed by atoms with E-state index in [1.807, 2.05) is 18.2 Å². The number of nitrogens with zero attached hydrogens (tertiary/aromatic N) is 4. The van der Waals surface area contributed by atoms with Gasteiger partial charge in [-0.05, 0) is 37.1 Å². The molecule has 5 nitrogen and oxygen atoms in total. The molecule has 112 valence electrons.